The molecule has 0 bridgehead atoms. The summed E-state index contributed by atoms with van der Waals surface area (Å²) < 4.78 is 12.9. The summed E-state index contributed by atoms with van der Waals surface area (Å²) in [4.78, 5) is 0. The van der Waals surface area contributed by atoms with Gasteiger partial charge in [-0.1, -0.05) is 46.0 Å². The minimum Gasteiger partial charge on any atom is -0.394 e. The Morgan fingerprint density at radius 2 is 1.25 bits per heavy atom. The minimum absolute atomic E-state index is 0.734. The van der Waals surface area contributed by atoms with E-state index in [0.717, 1.165) is 24.3 Å². The predicted octanol–water partition coefficient (Wildman–Crippen LogP) is 5.81. The van der Waals surface area contributed by atoms with Gasteiger partial charge in [0.2, 0.25) is 0 Å². The van der Waals surface area contributed by atoms with Gasteiger partial charge in [-0.3, -0.25) is 0 Å². The summed E-state index contributed by atoms with van der Waals surface area (Å²) in [6.45, 7) is 10.5. The first-order chi connectivity index (χ1) is 9.75. The van der Waals surface area contributed by atoms with Crippen molar-refractivity contribution in [3.05, 3.63) is 0 Å². The first-order valence-electron chi connectivity index (χ1n) is 9.02. The van der Waals surface area contributed by atoms with Crippen LogP contribution in [0.2, 0.25) is 11.1 Å². The van der Waals surface area contributed by atoms with Crippen molar-refractivity contribution >= 4 is 8.56 Å². The zero-order valence-electron chi connectivity index (χ0n) is 14.2. The van der Waals surface area contributed by atoms with Gasteiger partial charge in [-0.2, -0.15) is 0 Å². The largest absolute Gasteiger partial charge is 0.394 e. The van der Waals surface area contributed by atoms with E-state index in [0.29, 0.717) is 0 Å². The van der Waals surface area contributed by atoms with E-state index in [4.69, 9.17) is 8.85 Å². The molecule has 0 amide bonds. The molecule has 2 atom stereocenters. The van der Waals surface area contributed by atoms with Crippen molar-refractivity contribution < 1.29 is 8.85 Å². The second kappa shape index (κ2) is 9.96. The highest BCUT2D eigenvalue weighted by Gasteiger charge is 2.53. The molecule has 3 heteroatoms. The molecule has 1 saturated heterocycles. The highest BCUT2D eigenvalue weighted by Crippen LogP contribution is 2.50. The molecular weight excluding hydrogens is 264 g/mol. The smallest absolute Gasteiger partial charge is 0.344 e. The molecule has 20 heavy (non-hydrogen) atoms. The Kier molecular flexibility index (Phi) is 9.06. The Morgan fingerprint density at radius 3 is 1.60 bits per heavy atom. The third-order valence-corrected chi connectivity index (χ3v) is 9.71. The van der Waals surface area contributed by atoms with Gasteiger partial charge in [-0.15, -0.1) is 0 Å². The van der Waals surface area contributed by atoms with Gasteiger partial charge in [0.05, 0.1) is 0 Å². The van der Waals surface area contributed by atoms with Crippen LogP contribution in [0.3, 0.4) is 0 Å². The molecule has 0 saturated carbocycles. The lowest BCUT2D eigenvalue weighted by molar-refractivity contribution is 0.143. The molecule has 0 aliphatic carbocycles. The van der Waals surface area contributed by atoms with Gasteiger partial charge in [0.1, 0.15) is 0 Å². The van der Waals surface area contributed by atoms with E-state index in [1.165, 1.54) is 57.8 Å². The van der Waals surface area contributed by atoms with Crippen molar-refractivity contribution in [1.82, 2.24) is 0 Å². The second-order valence-corrected chi connectivity index (χ2v) is 9.85. The van der Waals surface area contributed by atoms with Crippen LogP contribution >= 0.6 is 0 Å². The molecule has 2 unspecified atom stereocenters. The SMILES string of the molecule is CCCCC1CCCC(CCCC)[Si]1(OCC)OCC. The van der Waals surface area contributed by atoms with E-state index >= 15 is 0 Å². The van der Waals surface area contributed by atoms with E-state index < -0.39 is 8.56 Å². The monoisotopic (exact) mass is 300 g/mol. The van der Waals surface area contributed by atoms with Crippen LogP contribution in [-0.4, -0.2) is 21.8 Å². The Bertz CT molecular complexity index is 221. The Hall–Kier alpha value is 0.137. The first kappa shape index (κ1) is 18.2. The molecule has 0 spiro atoms. The van der Waals surface area contributed by atoms with E-state index in [1.54, 1.807) is 0 Å². The molecule has 0 radical (unpaired) electrons. The van der Waals surface area contributed by atoms with Crippen molar-refractivity contribution in [1.29, 1.82) is 0 Å². The number of unbranched alkanes of at least 4 members (excludes halogenated alkanes) is 2. The summed E-state index contributed by atoms with van der Waals surface area (Å²) in [5.74, 6) is 0. The van der Waals surface area contributed by atoms with Crippen LogP contribution in [0.15, 0.2) is 0 Å². The third-order valence-electron chi connectivity index (χ3n) is 4.80. The zero-order chi connectivity index (χ0) is 14.8. The van der Waals surface area contributed by atoms with Crippen molar-refractivity contribution in [3.63, 3.8) is 0 Å². The number of rotatable bonds is 10. The van der Waals surface area contributed by atoms with Crippen molar-refractivity contribution in [2.45, 2.75) is 96.6 Å². The molecule has 0 aromatic rings. The number of hydrogen-bond acceptors (Lipinski definition) is 2. The lowest BCUT2D eigenvalue weighted by Crippen LogP contribution is -2.53. The summed E-state index contributed by atoms with van der Waals surface area (Å²) >= 11 is 0. The number of hydrogen-bond donors (Lipinski definition) is 0. The maximum atomic E-state index is 6.45. The summed E-state index contributed by atoms with van der Waals surface area (Å²) in [6, 6.07) is 0. The van der Waals surface area contributed by atoms with Crippen LogP contribution < -0.4 is 0 Å². The molecule has 1 aliphatic rings. The van der Waals surface area contributed by atoms with Crippen LogP contribution in [0.1, 0.15) is 85.5 Å². The van der Waals surface area contributed by atoms with Gasteiger partial charge in [-0.25, -0.2) is 0 Å². The standard InChI is InChI=1S/C17H36O2Si/c1-5-9-12-16-14-11-15-17(13-10-6-2)20(16,18-7-3)19-8-4/h16-17H,5-15H2,1-4H3. The molecule has 2 nitrogen and oxygen atoms in total. The maximum absolute atomic E-state index is 6.45. The fourth-order valence-electron chi connectivity index (χ4n) is 3.90. The van der Waals surface area contributed by atoms with Crippen molar-refractivity contribution in [2.75, 3.05) is 13.2 Å². The molecule has 0 aromatic heterocycles. The van der Waals surface area contributed by atoms with Crippen LogP contribution in [0.25, 0.3) is 0 Å². The van der Waals surface area contributed by atoms with E-state index in [9.17, 15) is 0 Å². The normalized spacial score (nSPS) is 25.8. The summed E-state index contributed by atoms with van der Waals surface area (Å²) in [7, 11) is -2.02. The summed E-state index contributed by atoms with van der Waals surface area (Å²) in [5.41, 5.74) is 1.47. The van der Waals surface area contributed by atoms with Gasteiger partial charge in [-0.05, 0) is 39.5 Å². The van der Waals surface area contributed by atoms with Gasteiger partial charge in [0.25, 0.3) is 0 Å². The highest BCUT2D eigenvalue weighted by atomic mass is 28.4. The summed E-state index contributed by atoms with van der Waals surface area (Å²) in [6.07, 6.45) is 12.0. The van der Waals surface area contributed by atoms with Crippen LogP contribution in [0.4, 0.5) is 0 Å². The van der Waals surface area contributed by atoms with Crippen molar-refractivity contribution in [3.8, 4) is 0 Å². The van der Waals surface area contributed by atoms with Crippen molar-refractivity contribution in [2.24, 2.45) is 0 Å². The topological polar surface area (TPSA) is 18.5 Å². The van der Waals surface area contributed by atoms with E-state index in [2.05, 4.69) is 27.7 Å². The summed E-state index contributed by atoms with van der Waals surface area (Å²) in [5, 5.41) is 0. The lowest BCUT2D eigenvalue weighted by Gasteiger charge is -2.46. The minimum atomic E-state index is -2.02. The molecule has 120 valence electrons. The molecular formula is C17H36O2Si. The fraction of sp³-hybridized carbons (Fsp3) is 1.00. The van der Waals surface area contributed by atoms with E-state index in [1.807, 2.05) is 0 Å². The molecule has 1 heterocycles. The fourth-order valence-corrected chi connectivity index (χ4v) is 8.92. The molecule has 1 rings (SSSR count). The molecule has 1 aliphatic heterocycles. The third kappa shape index (κ3) is 4.57. The maximum Gasteiger partial charge on any atom is 0.344 e. The van der Waals surface area contributed by atoms with E-state index in [-0.39, 0.29) is 0 Å². The average molecular weight is 301 g/mol. The molecule has 1 fully saturated rings. The molecule has 0 N–H and O–H groups in total. The van der Waals surface area contributed by atoms with Crippen LogP contribution in [-0.2, 0) is 8.85 Å². The quantitative estimate of drug-likeness (QED) is 0.474. The highest BCUT2D eigenvalue weighted by molar-refractivity contribution is 6.70. The van der Waals surface area contributed by atoms with Crippen LogP contribution in [0, 0.1) is 0 Å². The van der Waals surface area contributed by atoms with Gasteiger partial charge >= 0.3 is 8.56 Å². The second-order valence-electron chi connectivity index (χ2n) is 6.20. The Labute approximate surface area is 127 Å². The lowest BCUT2D eigenvalue weighted by atomic mass is 10.0. The first-order valence-corrected chi connectivity index (χ1v) is 11.0. The molecule has 0 aromatic carbocycles. The Balaban J connectivity index is 2.88. The van der Waals surface area contributed by atoms with Gasteiger partial charge in [0.15, 0.2) is 0 Å². The average Bonchev–Trinajstić information content (AvgIpc) is 2.45. The zero-order valence-corrected chi connectivity index (χ0v) is 15.2. The Morgan fingerprint density at radius 1 is 0.800 bits per heavy atom. The van der Waals surface area contributed by atoms with Gasteiger partial charge in [0, 0.05) is 24.3 Å². The van der Waals surface area contributed by atoms with Gasteiger partial charge < -0.3 is 8.85 Å². The predicted molar refractivity (Wildman–Crippen MR) is 89.4 cm³/mol. The van der Waals surface area contributed by atoms with Crippen LogP contribution in [0.5, 0.6) is 0 Å².